The minimum absolute atomic E-state index is 0.0191. The van der Waals surface area contributed by atoms with Gasteiger partial charge in [0.2, 0.25) is 5.91 Å². The summed E-state index contributed by atoms with van der Waals surface area (Å²) in [4.78, 5) is 20.5. The van der Waals surface area contributed by atoms with Crippen molar-refractivity contribution in [3.05, 3.63) is 58.1 Å². The maximum Gasteiger partial charge on any atom is 0.224 e. The van der Waals surface area contributed by atoms with E-state index in [-0.39, 0.29) is 5.91 Å². The molecule has 0 radical (unpaired) electrons. The number of hydrogen-bond acceptors (Lipinski definition) is 2. The van der Waals surface area contributed by atoms with Crippen molar-refractivity contribution >= 4 is 35.2 Å². The monoisotopic (exact) mass is 371 g/mol. The molecule has 0 aliphatic carbocycles. The molecule has 4 nitrogen and oxygen atoms in total. The van der Waals surface area contributed by atoms with Crippen molar-refractivity contribution in [1.82, 2.24) is 4.90 Å². The van der Waals surface area contributed by atoms with Crippen molar-refractivity contribution in [2.24, 2.45) is 4.99 Å². The molecule has 0 unspecified atom stereocenters. The van der Waals surface area contributed by atoms with Crippen LogP contribution in [-0.4, -0.2) is 30.7 Å². The average molecular weight is 372 g/mol. The van der Waals surface area contributed by atoms with Crippen LogP contribution in [-0.2, 0) is 11.3 Å². The van der Waals surface area contributed by atoms with Crippen LogP contribution in [0, 0.1) is 13.8 Å². The van der Waals surface area contributed by atoms with E-state index in [1.165, 1.54) is 0 Å². The summed E-state index contributed by atoms with van der Waals surface area (Å²) < 4.78 is 0. The first-order valence-corrected chi connectivity index (χ1v) is 9.08. The fourth-order valence-electron chi connectivity index (χ4n) is 2.61. The van der Waals surface area contributed by atoms with Gasteiger partial charge in [0.15, 0.2) is 0 Å². The number of halogens is 1. The van der Waals surface area contributed by atoms with Crippen LogP contribution in [0.2, 0.25) is 5.02 Å². The number of aliphatic imine (C=N–C) groups is 1. The van der Waals surface area contributed by atoms with Crippen LogP contribution in [0.4, 0.5) is 11.4 Å². The van der Waals surface area contributed by atoms with E-state index in [1.807, 2.05) is 49.2 Å². The quantitative estimate of drug-likeness (QED) is 0.521. The van der Waals surface area contributed by atoms with Gasteiger partial charge in [-0.1, -0.05) is 35.9 Å². The summed E-state index contributed by atoms with van der Waals surface area (Å²) in [5.74, 6) is -0.0191. The van der Waals surface area contributed by atoms with E-state index in [0.717, 1.165) is 28.9 Å². The Labute approximate surface area is 161 Å². The summed E-state index contributed by atoms with van der Waals surface area (Å²) in [7, 11) is 1.96. The summed E-state index contributed by atoms with van der Waals surface area (Å²) in [5, 5.41) is 0.530. The van der Waals surface area contributed by atoms with Gasteiger partial charge in [0.1, 0.15) is 0 Å². The minimum Gasteiger partial charge on any atom is -0.366 e. The first-order chi connectivity index (χ1) is 12.3. The Balaban J connectivity index is 2.38. The Morgan fingerprint density at radius 2 is 1.88 bits per heavy atom. The highest BCUT2D eigenvalue weighted by atomic mass is 35.5. The van der Waals surface area contributed by atoms with Crippen LogP contribution in [0.25, 0.3) is 0 Å². The molecule has 0 fully saturated rings. The summed E-state index contributed by atoms with van der Waals surface area (Å²) in [6.07, 6.45) is 1.76. The lowest BCUT2D eigenvalue weighted by molar-refractivity contribution is -0.116. The minimum atomic E-state index is -0.0191. The van der Waals surface area contributed by atoms with Gasteiger partial charge in [-0.2, -0.15) is 0 Å². The van der Waals surface area contributed by atoms with Crippen molar-refractivity contribution in [1.29, 1.82) is 0 Å². The number of nitrogens with zero attached hydrogens (tertiary/aromatic N) is 3. The lowest BCUT2D eigenvalue weighted by atomic mass is 10.1. The average Bonchev–Trinajstić information content (AvgIpc) is 2.61. The van der Waals surface area contributed by atoms with E-state index in [4.69, 9.17) is 11.6 Å². The number of anilines is 1. The zero-order chi connectivity index (χ0) is 19.3. The third-order valence-electron chi connectivity index (χ3n) is 4.42. The van der Waals surface area contributed by atoms with Gasteiger partial charge in [-0.25, -0.2) is 4.99 Å². The molecule has 138 valence electrons. The lowest BCUT2D eigenvalue weighted by Gasteiger charge is -2.25. The largest absolute Gasteiger partial charge is 0.366 e. The molecule has 0 atom stereocenters. The second kappa shape index (κ2) is 8.86. The molecule has 5 heteroatoms. The van der Waals surface area contributed by atoms with Crippen LogP contribution in [0.15, 0.2) is 41.4 Å². The maximum atomic E-state index is 12.3. The molecule has 0 saturated carbocycles. The number of benzene rings is 2. The smallest absolute Gasteiger partial charge is 0.224 e. The molecule has 0 bridgehead atoms. The van der Waals surface area contributed by atoms with Crippen molar-refractivity contribution in [3.63, 3.8) is 0 Å². The van der Waals surface area contributed by atoms with E-state index in [9.17, 15) is 4.79 Å². The van der Waals surface area contributed by atoms with Gasteiger partial charge in [0.05, 0.1) is 23.6 Å². The van der Waals surface area contributed by atoms with Crippen LogP contribution >= 0.6 is 11.6 Å². The lowest BCUT2D eigenvalue weighted by Crippen LogP contribution is -2.28. The second-order valence-corrected chi connectivity index (χ2v) is 6.85. The van der Waals surface area contributed by atoms with Crippen molar-refractivity contribution < 1.29 is 4.79 Å². The molecule has 1 amide bonds. The maximum absolute atomic E-state index is 12.3. The molecule has 0 spiro atoms. The number of aryl methyl sites for hydroxylation is 2. The van der Waals surface area contributed by atoms with E-state index in [1.54, 1.807) is 18.2 Å². The first kappa shape index (κ1) is 20.0. The molecule has 2 aromatic carbocycles. The fourth-order valence-corrected chi connectivity index (χ4v) is 2.82. The number of carbonyl (C=O) groups excluding carboxylic acids is 1. The van der Waals surface area contributed by atoms with Crippen LogP contribution in [0.5, 0.6) is 0 Å². The SMILES string of the molecule is CCN(C)/C=N/c1cc(C)c(N(Cc2ccccc2C)C(C)=O)cc1Cl. The second-order valence-electron chi connectivity index (χ2n) is 6.44. The number of rotatable bonds is 6. The van der Waals surface area contributed by atoms with Crippen LogP contribution < -0.4 is 4.90 Å². The highest BCUT2D eigenvalue weighted by Gasteiger charge is 2.17. The van der Waals surface area contributed by atoms with E-state index in [2.05, 4.69) is 24.9 Å². The molecule has 2 rings (SSSR count). The molecule has 26 heavy (non-hydrogen) atoms. The van der Waals surface area contributed by atoms with Crippen LogP contribution in [0.3, 0.4) is 0 Å². The number of hydrogen-bond donors (Lipinski definition) is 0. The van der Waals surface area contributed by atoms with E-state index >= 15 is 0 Å². The van der Waals surface area contributed by atoms with Gasteiger partial charge in [0, 0.05) is 26.2 Å². The van der Waals surface area contributed by atoms with E-state index < -0.39 is 0 Å². The van der Waals surface area contributed by atoms with Gasteiger partial charge in [-0.15, -0.1) is 0 Å². The Kier molecular flexibility index (Phi) is 6.81. The summed E-state index contributed by atoms with van der Waals surface area (Å²) in [6, 6.07) is 11.8. The molecule has 0 heterocycles. The molecule has 0 aliphatic heterocycles. The fraction of sp³-hybridized carbons (Fsp3) is 0.333. The Bertz CT molecular complexity index is 817. The molecule has 0 saturated heterocycles. The topological polar surface area (TPSA) is 35.9 Å². The predicted molar refractivity (Wildman–Crippen MR) is 111 cm³/mol. The van der Waals surface area contributed by atoms with Crippen molar-refractivity contribution in [3.8, 4) is 0 Å². The Hall–Kier alpha value is -2.33. The van der Waals surface area contributed by atoms with Crippen molar-refractivity contribution in [2.75, 3.05) is 18.5 Å². The number of carbonyl (C=O) groups is 1. The zero-order valence-electron chi connectivity index (χ0n) is 16.1. The van der Waals surface area contributed by atoms with Gasteiger partial charge < -0.3 is 9.80 Å². The molecule has 0 N–H and O–H groups in total. The third-order valence-corrected chi connectivity index (χ3v) is 4.72. The molecule has 0 aliphatic rings. The highest BCUT2D eigenvalue weighted by Crippen LogP contribution is 2.34. The Morgan fingerprint density at radius 1 is 1.19 bits per heavy atom. The summed E-state index contributed by atoms with van der Waals surface area (Å²) in [6.45, 7) is 9.04. The molecular formula is C21H26ClN3O. The van der Waals surface area contributed by atoms with Crippen molar-refractivity contribution in [2.45, 2.75) is 34.2 Å². The standard InChI is InChI=1S/C21H26ClN3O/c1-6-24(5)14-23-20-11-16(3)21(12-19(20)22)25(17(4)26)13-18-10-8-7-9-15(18)2/h7-12,14H,6,13H2,1-5H3/b23-14+. The van der Waals surface area contributed by atoms with Gasteiger partial charge in [-0.05, 0) is 49.6 Å². The van der Waals surface area contributed by atoms with Gasteiger partial charge >= 0.3 is 0 Å². The molecule has 2 aromatic rings. The van der Waals surface area contributed by atoms with Crippen LogP contribution in [0.1, 0.15) is 30.5 Å². The molecular weight excluding hydrogens is 346 g/mol. The number of amides is 1. The predicted octanol–water partition coefficient (Wildman–Crippen LogP) is 5.12. The van der Waals surface area contributed by atoms with E-state index in [0.29, 0.717) is 17.3 Å². The normalized spacial score (nSPS) is 11.0. The summed E-state index contributed by atoms with van der Waals surface area (Å²) in [5.41, 5.74) is 4.75. The zero-order valence-corrected chi connectivity index (χ0v) is 16.8. The van der Waals surface area contributed by atoms with Gasteiger partial charge in [0.25, 0.3) is 0 Å². The highest BCUT2D eigenvalue weighted by molar-refractivity contribution is 6.33. The summed E-state index contributed by atoms with van der Waals surface area (Å²) >= 11 is 6.44. The third kappa shape index (κ3) is 4.85. The van der Waals surface area contributed by atoms with Gasteiger partial charge in [-0.3, -0.25) is 4.79 Å². The first-order valence-electron chi connectivity index (χ1n) is 8.70. The molecule has 0 aromatic heterocycles. The Morgan fingerprint density at radius 3 is 2.50 bits per heavy atom.